The van der Waals surface area contributed by atoms with E-state index in [0.717, 1.165) is 75.3 Å². The van der Waals surface area contributed by atoms with Crippen LogP contribution in [-0.2, 0) is 5.60 Å². The van der Waals surface area contributed by atoms with Crippen LogP contribution < -0.4 is 21.7 Å². The van der Waals surface area contributed by atoms with Crippen molar-refractivity contribution in [1.29, 1.82) is 0 Å². The molecule has 6 rings (SSSR count). The summed E-state index contributed by atoms with van der Waals surface area (Å²) in [6, 6.07) is 27.3. The molecular weight excluding hydrogens is 498 g/mol. The molecule has 3 nitrogen and oxygen atoms in total. The van der Waals surface area contributed by atoms with Crippen molar-refractivity contribution in [3.05, 3.63) is 101 Å². The number of hydrogen-bond donors (Lipinski definition) is 1. The van der Waals surface area contributed by atoms with Crippen LogP contribution in [0.3, 0.4) is 0 Å². The van der Waals surface area contributed by atoms with Gasteiger partial charge in [-0.1, -0.05) is 77.9 Å². The molecule has 0 atom stereocenters. The number of fused-ring (bicyclic) bond motifs is 3. The highest BCUT2D eigenvalue weighted by molar-refractivity contribution is 5.41. The molecule has 3 aliphatic heterocycles. The Hall–Kier alpha value is -2.14. The molecule has 0 radical (unpaired) electrons. The second-order valence-corrected chi connectivity index (χ2v) is 10.7. The maximum Gasteiger partial charge on any atom is 0.121 e. The summed E-state index contributed by atoms with van der Waals surface area (Å²) in [5.41, 5.74) is 3.47. The minimum absolute atomic E-state index is 0. The van der Waals surface area contributed by atoms with Crippen molar-refractivity contribution in [2.24, 2.45) is 5.41 Å². The molecule has 4 heteroatoms. The lowest BCUT2D eigenvalue weighted by molar-refractivity contribution is -0.946. The monoisotopic (exact) mass is 535 g/mol. The zero-order valence-electron chi connectivity index (χ0n) is 21.1. The number of quaternary nitrogens is 1. The summed E-state index contributed by atoms with van der Waals surface area (Å²) in [5.74, 6) is 0.958. The van der Waals surface area contributed by atoms with Crippen molar-refractivity contribution in [1.82, 2.24) is 0 Å². The van der Waals surface area contributed by atoms with Crippen LogP contribution in [0.5, 0.6) is 5.75 Å². The highest BCUT2D eigenvalue weighted by atomic mass is 79.9. The van der Waals surface area contributed by atoms with Gasteiger partial charge in [-0.15, -0.1) is 0 Å². The first-order valence-electron chi connectivity index (χ1n) is 12.8. The van der Waals surface area contributed by atoms with E-state index in [-0.39, 0.29) is 22.4 Å². The van der Waals surface area contributed by atoms with E-state index in [4.69, 9.17) is 4.74 Å². The van der Waals surface area contributed by atoms with Gasteiger partial charge in [0.25, 0.3) is 0 Å². The number of benzene rings is 3. The van der Waals surface area contributed by atoms with Gasteiger partial charge in [-0.25, -0.2) is 0 Å². The van der Waals surface area contributed by atoms with Gasteiger partial charge in [0, 0.05) is 31.1 Å². The topological polar surface area (TPSA) is 29.5 Å². The number of hydrogen-bond acceptors (Lipinski definition) is 2. The fourth-order valence-corrected chi connectivity index (χ4v) is 6.42. The number of ether oxygens (including phenoxy) is 1. The maximum absolute atomic E-state index is 12.6. The van der Waals surface area contributed by atoms with Crippen LogP contribution in [0, 0.1) is 19.3 Å². The molecule has 3 heterocycles. The van der Waals surface area contributed by atoms with E-state index in [1.54, 1.807) is 0 Å². The fourth-order valence-electron chi connectivity index (χ4n) is 6.42. The van der Waals surface area contributed by atoms with Gasteiger partial charge in [0.2, 0.25) is 0 Å². The smallest absolute Gasteiger partial charge is 0.121 e. The van der Waals surface area contributed by atoms with Gasteiger partial charge in [-0.2, -0.15) is 0 Å². The number of para-hydroxylation sites is 1. The van der Waals surface area contributed by atoms with Gasteiger partial charge >= 0.3 is 0 Å². The van der Waals surface area contributed by atoms with Crippen molar-refractivity contribution < 1.29 is 31.3 Å². The van der Waals surface area contributed by atoms with Gasteiger partial charge in [0.1, 0.15) is 11.4 Å². The number of nitrogens with zero attached hydrogens (tertiary/aromatic N) is 1. The van der Waals surface area contributed by atoms with Gasteiger partial charge in [-0.3, -0.25) is 0 Å². The Bertz CT molecular complexity index is 1030. The summed E-state index contributed by atoms with van der Waals surface area (Å²) in [4.78, 5) is 0. The average molecular weight is 537 g/mol. The lowest BCUT2D eigenvalue weighted by Crippen LogP contribution is -3.00. The molecule has 0 amide bonds. The Morgan fingerprint density at radius 1 is 0.771 bits per heavy atom. The van der Waals surface area contributed by atoms with E-state index >= 15 is 0 Å². The molecule has 3 aliphatic rings. The Morgan fingerprint density at radius 3 is 1.74 bits per heavy atom. The molecule has 3 aromatic carbocycles. The standard InChI is InChI=1S/C31H38NO2.BrH/c1-25-9-13-27(14-10-25)31(33,28-15-11-26(2)12-16-28)30-17-21-32(22-18-30,23-19-30)20-6-24-34-29-7-4-3-5-8-29;/h3-5,7-16,33H,6,17-24H2,1-2H3;1H/q+1;/p-1. The molecular formula is C31H38BrNO2. The van der Waals surface area contributed by atoms with Crippen LogP contribution in [0.1, 0.15) is 47.9 Å². The molecule has 3 aromatic rings. The summed E-state index contributed by atoms with van der Waals surface area (Å²) < 4.78 is 7.14. The predicted molar refractivity (Wildman–Crippen MR) is 138 cm³/mol. The normalized spacial score (nSPS) is 23.5. The number of halogens is 1. The second kappa shape index (κ2) is 10.5. The molecule has 0 unspecified atom stereocenters. The van der Waals surface area contributed by atoms with Crippen molar-refractivity contribution >= 4 is 0 Å². The summed E-state index contributed by atoms with van der Waals surface area (Å²) in [6.07, 6.45) is 4.25. The first-order chi connectivity index (χ1) is 16.4. The average Bonchev–Trinajstić information content (AvgIpc) is 2.89. The predicted octanol–water partition coefficient (Wildman–Crippen LogP) is 3.01. The van der Waals surface area contributed by atoms with Crippen molar-refractivity contribution in [3.63, 3.8) is 0 Å². The highest BCUT2D eigenvalue weighted by Gasteiger charge is 2.60. The lowest BCUT2D eigenvalue weighted by atomic mass is 9.56. The Kier molecular flexibility index (Phi) is 7.75. The van der Waals surface area contributed by atoms with Crippen LogP contribution in [0.2, 0.25) is 0 Å². The van der Waals surface area contributed by atoms with Crippen molar-refractivity contribution in [2.45, 2.75) is 45.1 Å². The molecule has 3 saturated heterocycles. The number of piperidine rings is 3. The van der Waals surface area contributed by atoms with Gasteiger partial charge < -0.3 is 31.3 Å². The maximum atomic E-state index is 12.6. The van der Waals surface area contributed by atoms with E-state index in [1.807, 2.05) is 30.3 Å². The van der Waals surface area contributed by atoms with Gasteiger partial charge in [0.15, 0.2) is 0 Å². The summed E-state index contributed by atoms with van der Waals surface area (Å²) in [7, 11) is 0. The van der Waals surface area contributed by atoms with Crippen LogP contribution in [0.4, 0.5) is 0 Å². The van der Waals surface area contributed by atoms with Gasteiger partial charge in [-0.05, 0) is 37.1 Å². The quantitative estimate of drug-likeness (QED) is 0.355. The molecule has 2 bridgehead atoms. The minimum atomic E-state index is -0.957. The Labute approximate surface area is 221 Å². The van der Waals surface area contributed by atoms with E-state index < -0.39 is 5.60 Å². The van der Waals surface area contributed by atoms with Crippen molar-refractivity contribution in [3.8, 4) is 5.75 Å². The minimum Gasteiger partial charge on any atom is -1.00 e. The molecule has 35 heavy (non-hydrogen) atoms. The first-order valence-corrected chi connectivity index (χ1v) is 12.8. The summed E-state index contributed by atoms with van der Waals surface area (Å²) >= 11 is 0. The molecule has 186 valence electrons. The van der Waals surface area contributed by atoms with Crippen LogP contribution in [0.15, 0.2) is 78.9 Å². The molecule has 0 aliphatic carbocycles. The molecule has 0 aromatic heterocycles. The zero-order valence-corrected chi connectivity index (χ0v) is 22.6. The number of aryl methyl sites for hydroxylation is 2. The van der Waals surface area contributed by atoms with Crippen LogP contribution in [-0.4, -0.2) is 42.4 Å². The van der Waals surface area contributed by atoms with E-state index in [2.05, 4.69) is 62.4 Å². The van der Waals surface area contributed by atoms with E-state index in [0.29, 0.717) is 0 Å². The second-order valence-electron chi connectivity index (χ2n) is 10.7. The molecule has 1 N–H and O–H groups in total. The third-order valence-electron chi connectivity index (χ3n) is 8.69. The SMILES string of the molecule is Cc1ccc(C(O)(c2ccc(C)cc2)C23CC[N+](CCCOc4ccccc4)(CC2)CC3)cc1.[Br-]. The third kappa shape index (κ3) is 4.94. The largest absolute Gasteiger partial charge is 1.00 e. The fraction of sp³-hybridized carbons (Fsp3) is 0.419. The number of rotatable bonds is 8. The van der Waals surface area contributed by atoms with Crippen LogP contribution >= 0.6 is 0 Å². The number of aliphatic hydroxyl groups is 1. The summed E-state index contributed by atoms with van der Waals surface area (Å²) in [5, 5.41) is 12.6. The van der Waals surface area contributed by atoms with Gasteiger partial charge in [0.05, 0.1) is 32.8 Å². The molecule has 0 spiro atoms. The Morgan fingerprint density at radius 2 is 1.26 bits per heavy atom. The van der Waals surface area contributed by atoms with Crippen LogP contribution in [0.25, 0.3) is 0 Å². The zero-order chi connectivity index (χ0) is 23.7. The Balaban J connectivity index is 0.00000289. The van der Waals surface area contributed by atoms with E-state index in [9.17, 15) is 5.11 Å². The van der Waals surface area contributed by atoms with E-state index in [1.165, 1.54) is 15.6 Å². The lowest BCUT2D eigenvalue weighted by Gasteiger charge is -2.60. The molecule has 3 fully saturated rings. The first kappa shape index (κ1) is 25.9. The van der Waals surface area contributed by atoms with Crippen molar-refractivity contribution in [2.75, 3.05) is 32.8 Å². The highest BCUT2D eigenvalue weighted by Crippen LogP contribution is 2.57. The summed E-state index contributed by atoms with van der Waals surface area (Å²) in [6.45, 7) is 9.59. The third-order valence-corrected chi connectivity index (χ3v) is 8.69. The molecule has 0 saturated carbocycles.